The number of amides is 1. The number of carbonyl (C=O) groups is 1. The Labute approximate surface area is 183 Å². The second kappa shape index (κ2) is 8.31. The van der Waals surface area contributed by atoms with Gasteiger partial charge in [0.2, 0.25) is 0 Å². The molecule has 4 rings (SSSR count). The lowest BCUT2D eigenvalue weighted by Crippen LogP contribution is -2.35. The number of sulfonamides is 1. The lowest BCUT2D eigenvalue weighted by Gasteiger charge is -2.30. The summed E-state index contributed by atoms with van der Waals surface area (Å²) in [5, 5.41) is 2.51. The van der Waals surface area contributed by atoms with Crippen molar-refractivity contribution >= 4 is 27.3 Å². The van der Waals surface area contributed by atoms with E-state index in [0.717, 1.165) is 36.2 Å². The van der Waals surface area contributed by atoms with Crippen LogP contribution in [0.3, 0.4) is 0 Å². The molecular weight excluding hydrogens is 441 g/mol. The van der Waals surface area contributed by atoms with E-state index in [4.69, 9.17) is 0 Å². The highest BCUT2D eigenvalue weighted by Crippen LogP contribution is 2.32. The summed E-state index contributed by atoms with van der Waals surface area (Å²) < 4.78 is 65.7. The number of carbonyl (C=O) groups excluding carboxylic acids is 1. The number of hydrogen-bond donors (Lipinski definition) is 1. The van der Waals surface area contributed by atoms with Crippen LogP contribution in [-0.4, -0.2) is 20.9 Å². The Kier molecular flexibility index (Phi) is 5.68. The second-order valence-electron chi connectivity index (χ2n) is 7.36. The highest BCUT2D eigenvalue weighted by atomic mass is 32.2. The first-order chi connectivity index (χ1) is 15.2. The van der Waals surface area contributed by atoms with Crippen LogP contribution in [0.25, 0.3) is 0 Å². The third-order valence-corrected chi connectivity index (χ3v) is 7.07. The molecule has 1 amide bonds. The minimum atomic E-state index is -4.46. The Morgan fingerprint density at radius 1 is 0.906 bits per heavy atom. The Hall–Kier alpha value is -3.33. The van der Waals surface area contributed by atoms with Gasteiger partial charge in [-0.2, -0.15) is 13.2 Å². The lowest BCUT2D eigenvalue weighted by molar-refractivity contribution is -0.137. The molecular formula is C23H19F3N2O3S. The van der Waals surface area contributed by atoms with Crippen LogP contribution in [0.4, 0.5) is 24.5 Å². The van der Waals surface area contributed by atoms with E-state index in [2.05, 4.69) is 5.32 Å². The maximum Gasteiger partial charge on any atom is 0.416 e. The van der Waals surface area contributed by atoms with E-state index in [1.807, 2.05) is 12.1 Å². The molecule has 0 fully saturated rings. The van der Waals surface area contributed by atoms with E-state index >= 15 is 0 Å². The third kappa shape index (κ3) is 4.34. The van der Waals surface area contributed by atoms with Crippen LogP contribution < -0.4 is 9.62 Å². The number of benzene rings is 3. The zero-order valence-electron chi connectivity index (χ0n) is 16.8. The number of nitrogens with one attached hydrogen (secondary N) is 1. The maximum atomic E-state index is 13.2. The Balaban J connectivity index is 1.51. The van der Waals surface area contributed by atoms with Gasteiger partial charge < -0.3 is 5.32 Å². The second-order valence-corrected chi connectivity index (χ2v) is 9.23. The number of para-hydroxylation sites is 1. The summed E-state index contributed by atoms with van der Waals surface area (Å²) >= 11 is 0. The van der Waals surface area contributed by atoms with Gasteiger partial charge in [0.25, 0.3) is 15.9 Å². The molecule has 9 heteroatoms. The minimum absolute atomic E-state index is 0.0558. The number of halogens is 3. The molecule has 0 bridgehead atoms. The van der Waals surface area contributed by atoms with Crippen molar-refractivity contribution in [1.82, 2.24) is 0 Å². The van der Waals surface area contributed by atoms with Crippen molar-refractivity contribution in [3.8, 4) is 0 Å². The van der Waals surface area contributed by atoms with Crippen molar-refractivity contribution in [2.45, 2.75) is 23.9 Å². The average molecular weight is 460 g/mol. The molecule has 0 saturated carbocycles. The molecule has 0 atom stereocenters. The third-order valence-electron chi connectivity index (χ3n) is 5.24. The number of rotatable bonds is 4. The molecule has 0 saturated heterocycles. The molecule has 1 aliphatic heterocycles. The fraction of sp³-hybridized carbons (Fsp3) is 0.174. The van der Waals surface area contributed by atoms with Gasteiger partial charge in [-0.1, -0.05) is 18.2 Å². The first-order valence-corrected chi connectivity index (χ1v) is 11.3. The molecule has 5 nitrogen and oxygen atoms in total. The van der Waals surface area contributed by atoms with Crippen LogP contribution in [0.1, 0.15) is 27.9 Å². The van der Waals surface area contributed by atoms with E-state index < -0.39 is 27.7 Å². The topological polar surface area (TPSA) is 66.5 Å². The molecule has 3 aromatic rings. The van der Waals surface area contributed by atoms with Crippen molar-refractivity contribution in [1.29, 1.82) is 0 Å². The van der Waals surface area contributed by atoms with E-state index in [1.54, 1.807) is 12.1 Å². The Bertz CT molecular complexity index is 1240. The van der Waals surface area contributed by atoms with Crippen LogP contribution in [0.5, 0.6) is 0 Å². The zero-order chi connectivity index (χ0) is 22.9. The monoisotopic (exact) mass is 460 g/mol. The summed E-state index contributed by atoms with van der Waals surface area (Å²) in [5.41, 5.74) is 1.19. The maximum absolute atomic E-state index is 13.2. The van der Waals surface area contributed by atoms with Crippen LogP contribution in [0.2, 0.25) is 0 Å². The van der Waals surface area contributed by atoms with Crippen LogP contribution in [0.15, 0.2) is 77.7 Å². The number of fused-ring (bicyclic) bond motifs is 1. The van der Waals surface area contributed by atoms with Gasteiger partial charge >= 0.3 is 6.18 Å². The normalized spacial score (nSPS) is 14.0. The first kappa shape index (κ1) is 21.9. The fourth-order valence-electron chi connectivity index (χ4n) is 3.60. The Morgan fingerprint density at radius 3 is 2.22 bits per heavy atom. The van der Waals surface area contributed by atoms with Gasteiger partial charge in [0.15, 0.2) is 0 Å². The summed E-state index contributed by atoms with van der Waals surface area (Å²) in [7, 11) is -3.80. The summed E-state index contributed by atoms with van der Waals surface area (Å²) in [4.78, 5) is 12.5. The van der Waals surface area contributed by atoms with Gasteiger partial charge in [-0.3, -0.25) is 9.10 Å². The largest absolute Gasteiger partial charge is 0.416 e. The molecule has 32 heavy (non-hydrogen) atoms. The van der Waals surface area contributed by atoms with Gasteiger partial charge in [-0.25, -0.2) is 8.42 Å². The van der Waals surface area contributed by atoms with Crippen LogP contribution in [0, 0.1) is 0 Å². The van der Waals surface area contributed by atoms with E-state index in [0.29, 0.717) is 18.7 Å². The number of nitrogens with zero attached hydrogens (tertiary/aromatic N) is 1. The first-order valence-electron chi connectivity index (χ1n) is 9.85. The van der Waals surface area contributed by atoms with Crippen molar-refractivity contribution in [2.24, 2.45) is 0 Å². The fourth-order valence-corrected chi connectivity index (χ4v) is 5.14. The highest BCUT2D eigenvalue weighted by Gasteiger charge is 2.30. The number of alkyl halides is 3. The molecule has 1 aliphatic rings. The Morgan fingerprint density at radius 2 is 1.56 bits per heavy atom. The van der Waals surface area contributed by atoms with Crippen molar-refractivity contribution in [3.05, 3.63) is 89.5 Å². The van der Waals surface area contributed by atoms with Crippen molar-refractivity contribution in [3.63, 3.8) is 0 Å². The summed E-state index contributed by atoms with van der Waals surface area (Å²) in [6.07, 6.45) is -2.94. The molecule has 1 heterocycles. The quantitative estimate of drug-likeness (QED) is 0.589. The van der Waals surface area contributed by atoms with E-state index in [-0.39, 0.29) is 16.1 Å². The van der Waals surface area contributed by atoms with Gasteiger partial charge in [0.1, 0.15) is 0 Å². The summed E-state index contributed by atoms with van der Waals surface area (Å²) in [5.74, 6) is -0.558. The van der Waals surface area contributed by atoms with Crippen LogP contribution in [-0.2, 0) is 22.6 Å². The minimum Gasteiger partial charge on any atom is -0.322 e. The van der Waals surface area contributed by atoms with E-state index in [9.17, 15) is 26.4 Å². The van der Waals surface area contributed by atoms with Gasteiger partial charge in [-0.05, 0) is 73.0 Å². The summed E-state index contributed by atoms with van der Waals surface area (Å²) in [6.45, 7) is 0.371. The number of anilines is 2. The van der Waals surface area contributed by atoms with Crippen molar-refractivity contribution in [2.75, 3.05) is 16.2 Å². The lowest BCUT2D eigenvalue weighted by atomic mass is 10.0. The van der Waals surface area contributed by atoms with Gasteiger partial charge in [-0.15, -0.1) is 0 Å². The molecule has 0 unspecified atom stereocenters. The highest BCUT2D eigenvalue weighted by molar-refractivity contribution is 7.92. The van der Waals surface area contributed by atoms with Crippen LogP contribution >= 0.6 is 0 Å². The SMILES string of the molecule is O=C(Nc1ccc(C(F)(F)F)cc1)c1ccc(S(=O)(=O)N2CCCc3ccccc32)cc1. The standard InChI is InChI=1S/C23H19F3N2O3S/c24-23(25,26)18-9-11-19(12-10-18)27-22(29)17-7-13-20(14-8-17)32(30,31)28-15-3-5-16-4-1-2-6-21(16)28/h1-2,4,6-14H,3,5,15H2,(H,27,29). The predicted octanol–water partition coefficient (Wildman–Crippen LogP) is 5.10. The van der Waals surface area contributed by atoms with E-state index in [1.165, 1.54) is 28.6 Å². The molecule has 0 radical (unpaired) electrons. The molecule has 166 valence electrons. The smallest absolute Gasteiger partial charge is 0.322 e. The number of aryl methyl sites for hydroxylation is 1. The van der Waals surface area contributed by atoms with Gasteiger partial charge in [0, 0.05) is 17.8 Å². The molecule has 3 aromatic carbocycles. The molecule has 0 spiro atoms. The van der Waals surface area contributed by atoms with Crippen molar-refractivity contribution < 1.29 is 26.4 Å². The number of hydrogen-bond acceptors (Lipinski definition) is 3. The predicted molar refractivity (Wildman–Crippen MR) is 115 cm³/mol. The average Bonchev–Trinajstić information content (AvgIpc) is 2.78. The molecule has 0 aliphatic carbocycles. The van der Waals surface area contributed by atoms with Gasteiger partial charge in [0.05, 0.1) is 16.1 Å². The summed E-state index contributed by atoms with van der Waals surface area (Å²) in [6, 6.07) is 16.9. The zero-order valence-corrected chi connectivity index (χ0v) is 17.6. The molecule has 1 N–H and O–H groups in total. The molecule has 0 aromatic heterocycles.